The zero-order valence-corrected chi connectivity index (χ0v) is 11.1. The molecular formula is C14H27NO. The Labute approximate surface area is 100 Å². The minimum atomic E-state index is 0.275. The van der Waals surface area contributed by atoms with E-state index >= 15 is 0 Å². The highest BCUT2D eigenvalue weighted by Crippen LogP contribution is 2.23. The van der Waals surface area contributed by atoms with Gasteiger partial charge in [0.25, 0.3) is 0 Å². The van der Waals surface area contributed by atoms with E-state index in [1.807, 2.05) is 0 Å². The van der Waals surface area contributed by atoms with Gasteiger partial charge in [0.2, 0.25) is 0 Å². The van der Waals surface area contributed by atoms with Gasteiger partial charge in [0.15, 0.2) is 0 Å². The molecule has 2 atom stereocenters. The average molecular weight is 225 g/mol. The molecule has 1 saturated heterocycles. The maximum absolute atomic E-state index is 12.1. The van der Waals surface area contributed by atoms with Crippen molar-refractivity contribution in [1.29, 1.82) is 0 Å². The summed E-state index contributed by atoms with van der Waals surface area (Å²) in [6.07, 6.45) is 5.71. The van der Waals surface area contributed by atoms with Gasteiger partial charge in [-0.3, -0.25) is 4.79 Å². The van der Waals surface area contributed by atoms with Crippen LogP contribution in [0.4, 0.5) is 0 Å². The van der Waals surface area contributed by atoms with Crippen molar-refractivity contribution in [3.8, 4) is 0 Å². The summed E-state index contributed by atoms with van der Waals surface area (Å²) in [5.74, 6) is 2.01. The zero-order chi connectivity index (χ0) is 12.0. The Kier molecular flexibility index (Phi) is 6.04. The second-order valence-electron chi connectivity index (χ2n) is 5.29. The van der Waals surface area contributed by atoms with Crippen LogP contribution in [-0.2, 0) is 4.79 Å². The van der Waals surface area contributed by atoms with E-state index < -0.39 is 0 Å². The molecule has 1 aliphatic heterocycles. The molecule has 0 aromatic carbocycles. The zero-order valence-electron chi connectivity index (χ0n) is 11.1. The third-order valence-electron chi connectivity index (χ3n) is 4.06. The topological polar surface area (TPSA) is 29.1 Å². The molecule has 1 heterocycles. The monoisotopic (exact) mass is 225 g/mol. The van der Waals surface area contributed by atoms with Gasteiger partial charge in [0.1, 0.15) is 5.78 Å². The molecule has 0 bridgehead atoms. The fraction of sp³-hybridized carbons (Fsp3) is 0.929. The molecule has 0 spiro atoms. The number of hydrogen-bond donors (Lipinski definition) is 1. The Morgan fingerprint density at radius 1 is 1.38 bits per heavy atom. The highest BCUT2D eigenvalue weighted by atomic mass is 16.1. The minimum Gasteiger partial charge on any atom is -0.316 e. The lowest BCUT2D eigenvalue weighted by Crippen LogP contribution is -2.47. The molecule has 1 fully saturated rings. The summed E-state index contributed by atoms with van der Waals surface area (Å²) in [5, 5.41) is 3.25. The van der Waals surface area contributed by atoms with Gasteiger partial charge in [0.05, 0.1) is 0 Å². The molecule has 94 valence electrons. The van der Waals surface area contributed by atoms with Crippen LogP contribution in [0, 0.1) is 17.8 Å². The van der Waals surface area contributed by atoms with E-state index in [9.17, 15) is 4.79 Å². The molecule has 2 heteroatoms. The van der Waals surface area contributed by atoms with E-state index in [4.69, 9.17) is 0 Å². The first-order chi connectivity index (χ1) is 7.69. The highest BCUT2D eigenvalue weighted by molar-refractivity contribution is 5.81. The predicted molar refractivity (Wildman–Crippen MR) is 68.5 cm³/mol. The van der Waals surface area contributed by atoms with Gasteiger partial charge >= 0.3 is 0 Å². The minimum absolute atomic E-state index is 0.275. The Morgan fingerprint density at radius 2 is 2.06 bits per heavy atom. The molecule has 1 N–H and O–H groups in total. The van der Waals surface area contributed by atoms with Gasteiger partial charge in [-0.1, -0.05) is 46.5 Å². The SMILES string of the molecule is CCCCC(CC)CC(=O)C(C)C1CNC1. The average Bonchev–Trinajstić information content (AvgIpc) is 2.21. The molecule has 0 saturated carbocycles. The van der Waals surface area contributed by atoms with Crippen LogP contribution in [-0.4, -0.2) is 18.9 Å². The van der Waals surface area contributed by atoms with Crippen LogP contribution in [0.3, 0.4) is 0 Å². The summed E-state index contributed by atoms with van der Waals surface area (Å²) in [5.41, 5.74) is 0. The number of rotatable bonds is 8. The van der Waals surface area contributed by atoms with Gasteiger partial charge in [-0.05, 0) is 24.9 Å². The highest BCUT2D eigenvalue weighted by Gasteiger charge is 2.29. The molecule has 1 rings (SSSR count). The van der Waals surface area contributed by atoms with Crippen molar-refractivity contribution in [1.82, 2.24) is 5.32 Å². The molecule has 2 nitrogen and oxygen atoms in total. The maximum Gasteiger partial charge on any atom is 0.136 e. The maximum atomic E-state index is 12.1. The van der Waals surface area contributed by atoms with Crippen molar-refractivity contribution in [2.75, 3.05) is 13.1 Å². The molecule has 0 aromatic rings. The molecule has 0 radical (unpaired) electrons. The van der Waals surface area contributed by atoms with Crippen molar-refractivity contribution in [2.24, 2.45) is 17.8 Å². The van der Waals surface area contributed by atoms with Crippen LogP contribution in [0.25, 0.3) is 0 Å². The lowest BCUT2D eigenvalue weighted by atomic mass is 9.81. The largest absolute Gasteiger partial charge is 0.316 e. The number of Topliss-reactive ketones (excluding diaryl/α,β-unsaturated/α-hetero) is 1. The summed E-state index contributed by atoms with van der Waals surface area (Å²) in [6, 6.07) is 0. The van der Waals surface area contributed by atoms with E-state index in [-0.39, 0.29) is 5.92 Å². The van der Waals surface area contributed by atoms with Gasteiger partial charge in [-0.25, -0.2) is 0 Å². The molecule has 2 unspecified atom stereocenters. The quantitative estimate of drug-likeness (QED) is 0.688. The van der Waals surface area contributed by atoms with Crippen molar-refractivity contribution < 1.29 is 4.79 Å². The first kappa shape index (κ1) is 13.7. The molecule has 16 heavy (non-hydrogen) atoms. The van der Waals surface area contributed by atoms with Crippen molar-refractivity contribution in [3.63, 3.8) is 0 Å². The second-order valence-corrected chi connectivity index (χ2v) is 5.29. The number of unbranched alkanes of at least 4 members (excludes halogenated alkanes) is 1. The Balaban J connectivity index is 2.29. The Bertz CT molecular complexity index is 211. The number of carbonyl (C=O) groups is 1. The van der Waals surface area contributed by atoms with E-state index in [1.54, 1.807) is 0 Å². The number of carbonyl (C=O) groups excluding carboxylic acids is 1. The summed E-state index contributed by atoms with van der Waals surface area (Å²) < 4.78 is 0. The van der Waals surface area contributed by atoms with Crippen LogP contribution in [0.2, 0.25) is 0 Å². The summed E-state index contributed by atoms with van der Waals surface area (Å²) >= 11 is 0. The van der Waals surface area contributed by atoms with Crippen LogP contribution >= 0.6 is 0 Å². The smallest absolute Gasteiger partial charge is 0.136 e. The number of hydrogen-bond acceptors (Lipinski definition) is 2. The van der Waals surface area contributed by atoms with E-state index in [2.05, 4.69) is 26.1 Å². The standard InChI is InChI=1S/C14H27NO/c1-4-6-7-12(5-2)8-14(16)11(3)13-9-15-10-13/h11-13,15H,4-10H2,1-3H3. The molecule has 0 aromatic heterocycles. The third kappa shape index (κ3) is 3.89. The third-order valence-corrected chi connectivity index (χ3v) is 4.06. The predicted octanol–water partition coefficient (Wildman–Crippen LogP) is 3.02. The van der Waals surface area contributed by atoms with Crippen molar-refractivity contribution in [2.45, 2.75) is 52.9 Å². The fourth-order valence-corrected chi connectivity index (χ4v) is 2.34. The van der Waals surface area contributed by atoms with E-state index in [0.717, 1.165) is 25.9 Å². The van der Waals surface area contributed by atoms with Crippen LogP contribution in [0.1, 0.15) is 52.9 Å². The summed E-state index contributed by atoms with van der Waals surface area (Å²) in [6.45, 7) is 8.62. The van der Waals surface area contributed by atoms with Gasteiger partial charge < -0.3 is 5.32 Å². The lowest BCUT2D eigenvalue weighted by molar-refractivity contribution is -0.125. The Hall–Kier alpha value is -0.370. The fourth-order valence-electron chi connectivity index (χ4n) is 2.34. The lowest BCUT2D eigenvalue weighted by Gasteiger charge is -2.32. The van der Waals surface area contributed by atoms with Gasteiger partial charge in [-0.2, -0.15) is 0 Å². The number of ketones is 1. The number of nitrogens with one attached hydrogen (secondary N) is 1. The van der Waals surface area contributed by atoms with Gasteiger partial charge in [0, 0.05) is 12.3 Å². The first-order valence-electron chi connectivity index (χ1n) is 6.92. The van der Waals surface area contributed by atoms with Crippen molar-refractivity contribution in [3.05, 3.63) is 0 Å². The van der Waals surface area contributed by atoms with Crippen LogP contribution in [0.5, 0.6) is 0 Å². The second kappa shape index (κ2) is 7.05. The summed E-state index contributed by atoms with van der Waals surface area (Å²) in [4.78, 5) is 12.1. The molecule has 0 aliphatic carbocycles. The molecule has 0 amide bonds. The molecular weight excluding hydrogens is 198 g/mol. The van der Waals surface area contributed by atoms with Crippen LogP contribution < -0.4 is 5.32 Å². The Morgan fingerprint density at radius 3 is 2.50 bits per heavy atom. The normalized spacial score (nSPS) is 20.2. The first-order valence-corrected chi connectivity index (χ1v) is 6.92. The summed E-state index contributed by atoms with van der Waals surface area (Å²) in [7, 11) is 0. The van der Waals surface area contributed by atoms with Crippen LogP contribution in [0.15, 0.2) is 0 Å². The molecule has 1 aliphatic rings. The van der Waals surface area contributed by atoms with E-state index in [1.165, 1.54) is 19.3 Å². The van der Waals surface area contributed by atoms with Crippen molar-refractivity contribution >= 4 is 5.78 Å². The van der Waals surface area contributed by atoms with E-state index in [0.29, 0.717) is 17.6 Å². The van der Waals surface area contributed by atoms with Gasteiger partial charge in [-0.15, -0.1) is 0 Å².